The molecule has 1 aliphatic rings. The van der Waals surface area contributed by atoms with Crippen molar-refractivity contribution in [2.75, 3.05) is 6.54 Å². The molecular weight excluding hydrogens is 424 g/mol. The lowest BCUT2D eigenvalue weighted by atomic mass is 10.0. The van der Waals surface area contributed by atoms with Gasteiger partial charge in [0.1, 0.15) is 23.3 Å². The molecule has 4 rings (SSSR count). The number of rotatable bonds is 6. The van der Waals surface area contributed by atoms with Gasteiger partial charge in [-0.05, 0) is 42.0 Å². The van der Waals surface area contributed by atoms with Crippen molar-refractivity contribution < 1.29 is 27.2 Å². The van der Waals surface area contributed by atoms with Crippen LogP contribution in [-0.4, -0.2) is 29.2 Å². The molecule has 0 fully saturated rings. The van der Waals surface area contributed by atoms with Gasteiger partial charge in [0, 0.05) is 30.2 Å². The van der Waals surface area contributed by atoms with E-state index < -0.39 is 29.5 Å². The maximum absolute atomic E-state index is 14.2. The Balaban J connectivity index is 1.54. The lowest BCUT2D eigenvalue weighted by Gasteiger charge is -2.25. The minimum Gasteiger partial charge on any atom is -0.390 e. The first-order valence-corrected chi connectivity index (χ1v) is 9.86. The standard InChI is InChI=1S/C24H18F4N2O2/c25-18-7-4-15(5-8-18)23-12-21(32-29-23)14-30(13-17-6-9-20(27)11-22(17)28)24(31)16-2-1-3-19(26)10-16/h1-11,21H,12-14H2. The highest BCUT2D eigenvalue weighted by atomic mass is 19.1. The predicted octanol–water partition coefficient (Wildman–Crippen LogP) is 5.08. The molecule has 0 spiro atoms. The zero-order valence-corrected chi connectivity index (χ0v) is 16.8. The van der Waals surface area contributed by atoms with Crippen molar-refractivity contribution in [2.45, 2.75) is 19.1 Å². The van der Waals surface area contributed by atoms with E-state index in [0.29, 0.717) is 17.7 Å². The molecule has 3 aromatic carbocycles. The maximum atomic E-state index is 14.2. The molecule has 1 aliphatic heterocycles. The van der Waals surface area contributed by atoms with Gasteiger partial charge in [-0.3, -0.25) is 4.79 Å². The summed E-state index contributed by atoms with van der Waals surface area (Å²) in [5, 5.41) is 4.03. The summed E-state index contributed by atoms with van der Waals surface area (Å²) in [6.45, 7) is -0.145. The van der Waals surface area contributed by atoms with E-state index in [1.807, 2.05) is 0 Å². The fraction of sp³-hybridized carbons (Fsp3) is 0.167. The molecule has 0 saturated heterocycles. The molecule has 32 heavy (non-hydrogen) atoms. The van der Waals surface area contributed by atoms with Gasteiger partial charge in [-0.25, -0.2) is 17.6 Å². The second-order valence-electron chi connectivity index (χ2n) is 7.41. The molecule has 1 unspecified atom stereocenters. The normalized spacial score (nSPS) is 15.2. The van der Waals surface area contributed by atoms with Crippen LogP contribution in [0.5, 0.6) is 0 Å². The third-order valence-electron chi connectivity index (χ3n) is 5.07. The minimum absolute atomic E-state index is 0.0281. The Morgan fingerprint density at radius 2 is 1.66 bits per heavy atom. The summed E-state index contributed by atoms with van der Waals surface area (Å²) in [4.78, 5) is 19.8. The van der Waals surface area contributed by atoms with Gasteiger partial charge in [0.25, 0.3) is 5.91 Å². The van der Waals surface area contributed by atoms with Crippen molar-refractivity contribution >= 4 is 11.6 Å². The van der Waals surface area contributed by atoms with Gasteiger partial charge in [-0.15, -0.1) is 0 Å². The summed E-state index contributed by atoms with van der Waals surface area (Å²) < 4.78 is 54.4. The van der Waals surface area contributed by atoms with E-state index in [-0.39, 0.29) is 30.0 Å². The SMILES string of the molecule is O=C(c1cccc(F)c1)N(Cc1ccc(F)cc1F)CC1CC(c2ccc(F)cc2)=NO1. The van der Waals surface area contributed by atoms with Crippen LogP contribution in [0.15, 0.2) is 71.9 Å². The van der Waals surface area contributed by atoms with Crippen molar-refractivity contribution in [3.05, 3.63) is 107 Å². The molecule has 4 nitrogen and oxygen atoms in total. The number of benzene rings is 3. The average Bonchev–Trinajstić information content (AvgIpc) is 3.23. The second-order valence-corrected chi connectivity index (χ2v) is 7.41. The van der Waals surface area contributed by atoms with E-state index in [1.165, 1.54) is 41.3 Å². The molecule has 3 aromatic rings. The zero-order valence-electron chi connectivity index (χ0n) is 16.8. The van der Waals surface area contributed by atoms with E-state index in [2.05, 4.69) is 5.16 Å². The Kier molecular flexibility index (Phi) is 6.20. The molecule has 1 heterocycles. The van der Waals surface area contributed by atoms with Gasteiger partial charge < -0.3 is 9.74 Å². The molecular formula is C24H18F4N2O2. The first-order chi connectivity index (χ1) is 15.4. The van der Waals surface area contributed by atoms with Crippen LogP contribution in [0.2, 0.25) is 0 Å². The smallest absolute Gasteiger partial charge is 0.254 e. The number of amides is 1. The number of hydrogen-bond acceptors (Lipinski definition) is 3. The molecule has 0 N–H and O–H groups in total. The second kappa shape index (κ2) is 9.21. The molecule has 164 valence electrons. The summed E-state index contributed by atoms with van der Waals surface area (Å²) in [6.07, 6.45) is -0.208. The van der Waals surface area contributed by atoms with Crippen LogP contribution in [0.4, 0.5) is 17.6 Å². The first-order valence-electron chi connectivity index (χ1n) is 9.86. The van der Waals surface area contributed by atoms with Crippen molar-refractivity contribution in [1.29, 1.82) is 0 Å². The van der Waals surface area contributed by atoms with Gasteiger partial charge in [0.05, 0.1) is 12.3 Å². The van der Waals surface area contributed by atoms with Crippen LogP contribution in [0.3, 0.4) is 0 Å². The highest BCUT2D eigenvalue weighted by Crippen LogP contribution is 2.21. The van der Waals surface area contributed by atoms with E-state index in [0.717, 1.165) is 18.2 Å². The van der Waals surface area contributed by atoms with Gasteiger partial charge in [0.2, 0.25) is 0 Å². The Bertz CT molecular complexity index is 1160. The number of nitrogens with zero attached hydrogens (tertiary/aromatic N) is 2. The molecule has 1 amide bonds. The summed E-state index contributed by atoms with van der Waals surface area (Å²) in [5.74, 6) is -3.02. The van der Waals surface area contributed by atoms with E-state index in [4.69, 9.17) is 4.84 Å². The summed E-state index contributed by atoms with van der Waals surface area (Å²) in [6, 6.07) is 14.0. The Labute approximate surface area is 181 Å². The van der Waals surface area contributed by atoms with Crippen molar-refractivity contribution in [1.82, 2.24) is 4.90 Å². The van der Waals surface area contributed by atoms with Crippen molar-refractivity contribution in [3.63, 3.8) is 0 Å². The summed E-state index contributed by atoms with van der Waals surface area (Å²) in [7, 11) is 0. The number of oxime groups is 1. The highest BCUT2D eigenvalue weighted by molar-refractivity contribution is 6.01. The molecule has 1 atom stereocenters. The van der Waals surface area contributed by atoms with Gasteiger partial charge in [0.15, 0.2) is 6.10 Å². The average molecular weight is 442 g/mol. The quantitative estimate of drug-likeness (QED) is 0.500. The number of halogens is 4. The van der Waals surface area contributed by atoms with E-state index in [1.54, 1.807) is 12.1 Å². The van der Waals surface area contributed by atoms with Crippen LogP contribution in [-0.2, 0) is 11.4 Å². The third-order valence-corrected chi connectivity index (χ3v) is 5.07. The lowest BCUT2D eigenvalue weighted by Crippen LogP contribution is -2.37. The van der Waals surface area contributed by atoms with Gasteiger partial charge in [-0.1, -0.05) is 29.4 Å². The largest absolute Gasteiger partial charge is 0.390 e. The topological polar surface area (TPSA) is 41.9 Å². The summed E-state index contributed by atoms with van der Waals surface area (Å²) in [5.41, 5.74) is 1.46. The van der Waals surface area contributed by atoms with Gasteiger partial charge in [-0.2, -0.15) is 0 Å². The Morgan fingerprint density at radius 1 is 0.938 bits per heavy atom. The van der Waals surface area contributed by atoms with Crippen molar-refractivity contribution in [3.8, 4) is 0 Å². The number of carbonyl (C=O) groups is 1. The van der Waals surface area contributed by atoms with Crippen LogP contribution in [0.1, 0.15) is 27.9 Å². The number of hydrogen-bond donors (Lipinski definition) is 0. The van der Waals surface area contributed by atoms with Crippen LogP contribution >= 0.6 is 0 Å². The lowest BCUT2D eigenvalue weighted by molar-refractivity contribution is 0.0402. The fourth-order valence-electron chi connectivity index (χ4n) is 3.46. The van der Waals surface area contributed by atoms with E-state index in [9.17, 15) is 22.4 Å². The molecule has 0 aliphatic carbocycles. The predicted molar refractivity (Wildman–Crippen MR) is 110 cm³/mol. The van der Waals surface area contributed by atoms with E-state index >= 15 is 0 Å². The Morgan fingerprint density at radius 3 is 2.38 bits per heavy atom. The minimum atomic E-state index is -0.794. The van der Waals surface area contributed by atoms with Crippen molar-refractivity contribution in [2.24, 2.45) is 5.16 Å². The molecule has 0 radical (unpaired) electrons. The van der Waals surface area contributed by atoms with Crippen LogP contribution in [0.25, 0.3) is 0 Å². The zero-order chi connectivity index (χ0) is 22.7. The first kappa shape index (κ1) is 21.5. The van der Waals surface area contributed by atoms with Crippen LogP contribution in [0, 0.1) is 23.3 Å². The summed E-state index contributed by atoms with van der Waals surface area (Å²) >= 11 is 0. The fourth-order valence-corrected chi connectivity index (χ4v) is 3.46. The molecule has 0 saturated carbocycles. The van der Waals surface area contributed by atoms with Gasteiger partial charge >= 0.3 is 0 Å². The monoisotopic (exact) mass is 442 g/mol. The number of carbonyl (C=O) groups excluding carboxylic acids is 1. The molecule has 0 aromatic heterocycles. The molecule has 8 heteroatoms. The Hall–Kier alpha value is -3.68. The maximum Gasteiger partial charge on any atom is 0.254 e. The molecule has 0 bridgehead atoms. The van der Waals surface area contributed by atoms with Crippen LogP contribution < -0.4 is 0 Å². The third kappa shape index (κ3) is 4.96. The highest BCUT2D eigenvalue weighted by Gasteiger charge is 2.28.